The topological polar surface area (TPSA) is 120 Å². The molecule has 1 amide bonds. The van der Waals surface area contributed by atoms with Crippen LogP contribution in [0.25, 0.3) is 11.1 Å². The summed E-state index contributed by atoms with van der Waals surface area (Å²) in [7, 11) is -1.52. The molecule has 0 spiro atoms. The molecule has 1 aliphatic heterocycles. The fraction of sp³-hybridized carbons (Fsp3) is 0.357. The lowest BCUT2D eigenvalue weighted by Crippen LogP contribution is -2.47. The van der Waals surface area contributed by atoms with Gasteiger partial charge in [0.05, 0.1) is 17.0 Å². The number of likely N-dealkylation sites (N-methyl/N-ethyl adjacent to an activating group) is 1. The number of nitrogens with one attached hydrogen (secondary N) is 1. The number of nitrogens with zero attached hydrogens (tertiary/aromatic N) is 3. The number of carbonyl (C=O) groups is 1. The number of thiophene rings is 1. The van der Waals surface area contributed by atoms with Gasteiger partial charge in [0.25, 0.3) is 0 Å². The Balaban J connectivity index is 1.23. The summed E-state index contributed by atoms with van der Waals surface area (Å²) in [5, 5.41) is 14.7. The summed E-state index contributed by atoms with van der Waals surface area (Å²) < 4.78 is 27.5. The maximum absolute atomic E-state index is 13.0. The van der Waals surface area contributed by atoms with Gasteiger partial charge in [-0.05, 0) is 53.7 Å². The standard InChI is InChI=1S/C28H31N5O3S2/c1-32-12-14-33(15-13-32)38(35,36)24-10-8-21(9-11-24)20-4-6-22(7-5-20)25-18-28(25,19-29)31-27(34)26(30)17-23-3-2-16-37-23/h2-11,16,25-26H,12-15,17-18,30H2,1H3,(H,31,34). The van der Waals surface area contributed by atoms with Gasteiger partial charge in [-0.1, -0.05) is 42.5 Å². The molecule has 5 rings (SSSR count). The molecule has 1 aliphatic carbocycles. The zero-order valence-corrected chi connectivity index (χ0v) is 22.8. The second-order valence-electron chi connectivity index (χ2n) is 10.1. The summed E-state index contributed by atoms with van der Waals surface area (Å²) in [6.45, 7) is 2.44. The predicted molar refractivity (Wildman–Crippen MR) is 148 cm³/mol. The minimum Gasteiger partial charge on any atom is -0.336 e. The molecule has 0 bridgehead atoms. The maximum atomic E-state index is 13.0. The number of hydrogen-bond acceptors (Lipinski definition) is 7. The van der Waals surface area contributed by atoms with E-state index in [9.17, 15) is 18.5 Å². The Labute approximate surface area is 227 Å². The average Bonchev–Trinajstić information content (AvgIpc) is 3.40. The first-order valence-electron chi connectivity index (χ1n) is 12.6. The molecular weight excluding hydrogens is 518 g/mol. The fourth-order valence-electron chi connectivity index (χ4n) is 4.91. The van der Waals surface area contributed by atoms with E-state index >= 15 is 0 Å². The molecule has 3 unspecified atom stereocenters. The molecule has 3 atom stereocenters. The number of rotatable bonds is 8. The van der Waals surface area contributed by atoms with Crippen molar-refractivity contribution in [3.8, 4) is 17.2 Å². The van der Waals surface area contributed by atoms with Crippen molar-refractivity contribution in [2.24, 2.45) is 5.73 Å². The summed E-state index contributed by atoms with van der Waals surface area (Å²) >= 11 is 1.55. The van der Waals surface area contributed by atoms with Gasteiger partial charge >= 0.3 is 0 Å². The Kier molecular flexibility index (Phi) is 7.40. The van der Waals surface area contributed by atoms with Crippen LogP contribution < -0.4 is 11.1 Å². The number of sulfonamides is 1. The van der Waals surface area contributed by atoms with Crippen molar-refractivity contribution in [2.45, 2.75) is 35.2 Å². The minimum absolute atomic E-state index is 0.101. The summed E-state index contributed by atoms with van der Waals surface area (Å²) in [5.74, 6) is -0.416. The van der Waals surface area contributed by atoms with Gasteiger partial charge in [-0.2, -0.15) is 9.57 Å². The lowest BCUT2D eigenvalue weighted by atomic mass is 10.0. The zero-order valence-electron chi connectivity index (χ0n) is 21.2. The normalized spacial score (nSPS) is 22.9. The highest BCUT2D eigenvalue weighted by Crippen LogP contribution is 2.51. The van der Waals surface area contributed by atoms with Crippen molar-refractivity contribution in [3.63, 3.8) is 0 Å². The van der Waals surface area contributed by atoms with E-state index in [-0.39, 0.29) is 11.8 Å². The molecule has 3 aromatic rings. The smallest absolute Gasteiger partial charge is 0.243 e. The second-order valence-corrected chi connectivity index (χ2v) is 13.0. The third-order valence-corrected chi connectivity index (χ3v) is 10.3. The number of nitrogens with two attached hydrogens (primary N) is 1. The molecule has 3 N–H and O–H groups in total. The van der Waals surface area contributed by atoms with E-state index in [1.54, 1.807) is 27.8 Å². The maximum Gasteiger partial charge on any atom is 0.243 e. The molecule has 2 aromatic carbocycles. The molecule has 198 valence electrons. The van der Waals surface area contributed by atoms with Crippen molar-refractivity contribution < 1.29 is 13.2 Å². The van der Waals surface area contributed by atoms with Gasteiger partial charge in [-0.3, -0.25) is 4.79 Å². The molecular formula is C28H31N5O3S2. The lowest BCUT2D eigenvalue weighted by molar-refractivity contribution is -0.122. The van der Waals surface area contributed by atoms with Gasteiger partial charge in [0.2, 0.25) is 15.9 Å². The van der Waals surface area contributed by atoms with E-state index in [1.165, 1.54) is 0 Å². The summed E-state index contributed by atoms with van der Waals surface area (Å²) in [6.07, 6.45) is 0.985. The Morgan fingerprint density at radius 2 is 1.74 bits per heavy atom. The highest BCUT2D eigenvalue weighted by atomic mass is 32.2. The highest BCUT2D eigenvalue weighted by Gasteiger charge is 2.57. The number of benzene rings is 2. The molecule has 2 heterocycles. The number of nitriles is 1. The monoisotopic (exact) mass is 549 g/mol. The van der Waals surface area contributed by atoms with Crippen LogP contribution in [0.2, 0.25) is 0 Å². The van der Waals surface area contributed by atoms with Gasteiger partial charge in [-0.15, -0.1) is 11.3 Å². The number of amides is 1. The van der Waals surface area contributed by atoms with E-state index in [0.29, 0.717) is 30.8 Å². The Morgan fingerprint density at radius 1 is 1.11 bits per heavy atom. The lowest BCUT2D eigenvalue weighted by Gasteiger charge is -2.31. The van der Waals surface area contributed by atoms with Gasteiger partial charge in [-0.25, -0.2) is 8.42 Å². The van der Waals surface area contributed by atoms with Gasteiger partial charge in [0, 0.05) is 43.4 Å². The molecule has 2 fully saturated rings. The SMILES string of the molecule is CN1CCN(S(=O)(=O)c2ccc(-c3ccc(C4CC4(C#N)NC(=O)C(N)Cc4cccs4)cc3)cc2)CC1. The predicted octanol–water partition coefficient (Wildman–Crippen LogP) is 2.79. The van der Waals surface area contributed by atoms with E-state index in [0.717, 1.165) is 34.7 Å². The Morgan fingerprint density at radius 3 is 2.32 bits per heavy atom. The Bertz CT molecular complexity index is 1430. The van der Waals surface area contributed by atoms with Crippen LogP contribution >= 0.6 is 11.3 Å². The van der Waals surface area contributed by atoms with Crippen LogP contribution in [0.4, 0.5) is 0 Å². The van der Waals surface area contributed by atoms with Crippen molar-refractivity contribution in [1.82, 2.24) is 14.5 Å². The van der Waals surface area contributed by atoms with E-state index in [2.05, 4.69) is 16.3 Å². The highest BCUT2D eigenvalue weighted by molar-refractivity contribution is 7.89. The van der Waals surface area contributed by atoms with Crippen LogP contribution in [0, 0.1) is 11.3 Å². The summed E-state index contributed by atoms with van der Waals surface area (Å²) in [5.41, 5.74) is 7.98. The molecule has 2 aliphatic rings. The van der Waals surface area contributed by atoms with Crippen LogP contribution in [0.15, 0.2) is 70.9 Å². The van der Waals surface area contributed by atoms with Crippen molar-refractivity contribution in [2.75, 3.05) is 33.2 Å². The van der Waals surface area contributed by atoms with Crippen molar-refractivity contribution in [1.29, 1.82) is 5.26 Å². The minimum atomic E-state index is -3.51. The van der Waals surface area contributed by atoms with Crippen LogP contribution in [0.3, 0.4) is 0 Å². The molecule has 10 heteroatoms. The number of carbonyl (C=O) groups excluding carboxylic acids is 1. The summed E-state index contributed by atoms with van der Waals surface area (Å²) in [4.78, 5) is 16.1. The Hall–Kier alpha value is -3.07. The molecule has 8 nitrogen and oxygen atoms in total. The largest absolute Gasteiger partial charge is 0.336 e. The van der Waals surface area contributed by atoms with E-state index in [4.69, 9.17) is 5.73 Å². The quantitative estimate of drug-likeness (QED) is 0.446. The second kappa shape index (κ2) is 10.6. The van der Waals surface area contributed by atoms with E-state index < -0.39 is 21.6 Å². The average molecular weight is 550 g/mol. The van der Waals surface area contributed by atoms with Gasteiger partial charge in [0.15, 0.2) is 0 Å². The summed E-state index contributed by atoms with van der Waals surface area (Å²) in [6, 6.07) is 20.3. The molecule has 1 saturated carbocycles. The fourth-order valence-corrected chi connectivity index (χ4v) is 7.10. The first-order chi connectivity index (χ1) is 18.2. The molecule has 1 saturated heterocycles. The van der Waals surface area contributed by atoms with E-state index in [1.807, 2.05) is 61.0 Å². The third kappa shape index (κ3) is 5.39. The van der Waals surface area contributed by atoms with Gasteiger partial charge < -0.3 is 16.0 Å². The van der Waals surface area contributed by atoms with Crippen LogP contribution in [0.1, 0.15) is 22.8 Å². The number of hydrogen-bond donors (Lipinski definition) is 2. The number of piperazine rings is 1. The third-order valence-electron chi connectivity index (χ3n) is 7.45. The first kappa shape index (κ1) is 26.5. The van der Waals surface area contributed by atoms with Crippen molar-refractivity contribution in [3.05, 3.63) is 76.5 Å². The van der Waals surface area contributed by atoms with Crippen LogP contribution in [-0.4, -0.2) is 68.3 Å². The van der Waals surface area contributed by atoms with Crippen LogP contribution in [-0.2, 0) is 21.2 Å². The van der Waals surface area contributed by atoms with Crippen LogP contribution in [0.5, 0.6) is 0 Å². The van der Waals surface area contributed by atoms with Gasteiger partial charge in [0.1, 0.15) is 5.54 Å². The molecule has 1 aromatic heterocycles. The zero-order chi connectivity index (χ0) is 26.9. The molecule has 38 heavy (non-hydrogen) atoms. The first-order valence-corrected chi connectivity index (χ1v) is 14.9. The van der Waals surface area contributed by atoms with Crippen molar-refractivity contribution >= 4 is 27.3 Å². The molecule has 0 radical (unpaired) electrons.